The van der Waals surface area contributed by atoms with E-state index in [1.54, 1.807) is 6.33 Å². The molecule has 0 saturated heterocycles. The number of hydrogen-bond donors (Lipinski definition) is 1. The second kappa shape index (κ2) is 17.8. The Morgan fingerprint density at radius 2 is 1.43 bits per heavy atom. The van der Waals surface area contributed by atoms with Crippen LogP contribution in [0.5, 0.6) is 0 Å². The van der Waals surface area contributed by atoms with Crippen molar-refractivity contribution in [3.8, 4) is 11.3 Å². The summed E-state index contributed by atoms with van der Waals surface area (Å²) in [7, 11) is -1.57. The predicted molar refractivity (Wildman–Crippen MR) is 230 cm³/mol. The Hall–Kier alpha value is -2.70. The monoisotopic (exact) mass is 928 g/mol. The minimum atomic E-state index is -1.57. The summed E-state index contributed by atoms with van der Waals surface area (Å²) >= 11 is 1.81. The van der Waals surface area contributed by atoms with Crippen molar-refractivity contribution < 1.29 is 30.0 Å². The molecule has 0 amide bonds. The van der Waals surface area contributed by atoms with Crippen LogP contribution < -0.4 is 5.19 Å². The molecule has 2 aromatic heterocycles. The van der Waals surface area contributed by atoms with Gasteiger partial charge in [0.25, 0.3) is 0 Å². The minimum Gasteiger partial charge on any atom is -0.512 e. The second-order valence-electron chi connectivity index (χ2n) is 18.5. The molecular formula is C46H63IrN2O2SSi-. The molecule has 0 aliphatic carbocycles. The molecule has 0 unspecified atom stereocenters. The summed E-state index contributed by atoms with van der Waals surface area (Å²) in [4.78, 5) is 21.8. The number of fused-ring (bicyclic) bond motifs is 4. The largest absolute Gasteiger partial charge is 0.512 e. The Bertz CT molecular complexity index is 2050. The smallest absolute Gasteiger partial charge is 0.162 e. The first-order valence-corrected chi connectivity index (χ1v) is 23.5. The maximum Gasteiger partial charge on any atom is 0.162 e. The number of ketones is 1. The van der Waals surface area contributed by atoms with Crippen LogP contribution in [0.15, 0.2) is 60.6 Å². The molecule has 1 radical (unpaired) electrons. The topological polar surface area (TPSA) is 63.1 Å². The van der Waals surface area contributed by atoms with Crippen LogP contribution in [-0.4, -0.2) is 28.9 Å². The Labute approximate surface area is 338 Å². The summed E-state index contributed by atoms with van der Waals surface area (Å²) < 4.78 is 2.45. The third kappa shape index (κ3) is 11.0. The average molecular weight is 928 g/mol. The van der Waals surface area contributed by atoms with E-state index >= 15 is 0 Å². The zero-order chi connectivity index (χ0) is 38.9. The van der Waals surface area contributed by atoms with E-state index in [4.69, 9.17) is 9.97 Å². The van der Waals surface area contributed by atoms with Crippen molar-refractivity contribution in [1.82, 2.24) is 9.97 Å². The van der Waals surface area contributed by atoms with Crippen molar-refractivity contribution >= 4 is 61.5 Å². The van der Waals surface area contributed by atoms with Crippen LogP contribution in [0.4, 0.5) is 0 Å². The van der Waals surface area contributed by atoms with Crippen molar-refractivity contribution in [3.05, 3.63) is 77.8 Å². The van der Waals surface area contributed by atoms with E-state index in [0.29, 0.717) is 23.7 Å². The number of carbonyl (C=O) groups excluding carboxylic acids is 1. The van der Waals surface area contributed by atoms with Gasteiger partial charge in [-0.1, -0.05) is 137 Å². The molecule has 0 aliphatic heterocycles. The molecule has 2 heterocycles. The van der Waals surface area contributed by atoms with Crippen molar-refractivity contribution in [2.75, 3.05) is 0 Å². The molecule has 53 heavy (non-hydrogen) atoms. The maximum atomic E-state index is 12.3. The number of aliphatic hydroxyl groups excluding tert-OH is 1. The van der Waals surface area contributed by atoms with Crippen LogP contribution in [0.3, 0.4) is 0 Å². The third-order valence-corrected chi connectivity index (χ3v) is 13.1. The van der Waals surface area contributed by atoms with Gasteiger partial charge >= 0.3 is 0 Å². The number of rotatable bonds is 10. The molecule has 5 rings (SSSR count). The molecular weight excluding hydrogens is 865 g/mol. The van der Waals surface area contributed by atoms with Gasteiger partial charge in [0, 0.05) is 58.5 Å². The fraction of sp³-hybridized carbons (Fsp3) is 0.500. The summed E-state index contributed by atoms with van der Waals surface area (Å²) in [5.74, 6) is 1.63. The molecule has 0 aliphatic rings. The number of hydrogen-bond acceptors (Lipinski definition) is 5. The predicted octanol–water partition coefficient (Wildman–Crippen LogP) is 12.8. The van der Waals surface area contributed by atoms with Gasteiger partial charge in [-0.2, -0.15) is 0 Å². The van der Waals surface area contributed by atoms with Gasteiger partial charge in [0.2, 0.25) is 0 Å². The number of nitrogens with zero attached hydrogens (tertiary/aromatic N) is 2. The number of aromatic nitrogens is 2. The molecule has 0 fully saturated rings. The van der Waals surface area contributed by atoms with Gasteiger partial charge in [0.05, 0.1) is 19.3 Å². The summed E-state index contributed by atoms with van der Waals surface area (Å²) in [5, 5.41) is 15.5. The normalized spacial score (nSPS) is 12.9. The number of aryl methyl sites for hydroxylation is 1. The van der Waals surface area contributed by atoms with E-state index in [1.807, 2.05) is 11.3 Å². The Balaban J connectivity index is 0.000000327. The Morgan fingerprint density at radius 1 is 0.849 bits per heavy atom. The fourth-order valence-corrected chi connectivity index (χ4v) is 10.7. The van der Waals surface area contributed by atoms with Gasteiger partial charge in [-0.3, -0.25) is 9.78 Å². The quantitative estimate of drug-likeness (QED) is 0.0656. The van der Waals surface area contributed by atoms with Gasteiger partial charge in [0.1, 0.15) is 6.33 Å². The molecule has 1 N–H and O–H groups in total. The van der Waals surface area contributed by atoms with Gasteiger partial charge in [-0.25, -0.2) is 4.98 Å². The van der Waals surface area contributed by atoms with Crippen LogP contribution in [-0.2, 0) is 31.3 Å². The Morgan fingerprint density at radius 3 is 1.98 bits per heavy atom. The van der Waals surface area contributed by atoms with Crippen molar-refractivity contribution in [2.45, 2.75) is 109 Å². The molecule has 3 aromatic carbocycles. The standard InChI is InChI=1S/C29H31N2SSi.C17H32O2.Ir/c1-18-8-10-22-20(12-18)14-21(15-25(22)33(5,6)7)26-28-27(31-17-30-26)23-11-9-19(13-24(23)32-28)16-29(2,3)4;1-10(2)16(11(3)4)14(18)9-15(19)17(12(5)6)13(7)8;/h8-13,15,17H,16H2,1-7H3;9-13,16-18H,1-8H3;/q-1;;/b;14-9-;. The first-order valence-electron chi connectivity index (χ1n) is 19.2. The summed E-state index contributed by atoms with van der Waals surface area (Å²) in [6.45, 7) is 32.9. The van der Waals surface area contributed by atoms with Gasteiger partial charge < -0.3 is 5.11 Å². The molecule has 0 atom stereocenters. The van der Waals surface area contributed by atoms with Crippen LogP contribution in [0.1, 0.15) is 87.3 Å². The van der Waals surface area contributed by atoms with Gasteiger partial charge in [-0.05, 0) is 54.1 Å². The van der Waals surface area contributed by atoms with Crippen molar-refractivity contribution in [3.63, 3.8) is 0 Å². The summed E-state index contributed by atoms with van der Waals surface area (Å²) in [6.07, 6.45) is 4.26. The zero-order valence-electron chi connectivity index (χ0n) is 34.9. The molecule has 4 nitrogen and oxygen atoms in total. The second-order valence-corrected chi connectivity index (χ2v) is 24.6. The van der Waals surface area contributed by atoms with Gasteiger partial charge in [0.15, 0.2) is 5.78 Å². The summed E-state index contributed by atoms with van der Waals surface area (Å²) in [6, 6.07) is 19.6. The molecule has 5 aromatic rings. The fourth-order valence-electron chi connectivity index (χ4n) is 7.90. The van der Waals surface area contributed by atoms with Crippen LogP contribution in [0.2, 0.25) is 19.6 Å². The maximum absolute atomic E-state index is 12.3. The number of allylic oxidation sites excluding steroid dienone is 2. The molecule has 289 valence electrons. The van der Waals surface area contributed by atoms with E-state index in [0.717, 1.165) is 27.9 Å². The van der Waals surface area contributed by atoms with E-state index in [2.05, 4.69) is 151 Å². The average Bonchev–Trinajstić information content (AvgIpc) is 3.36. The van der Waals surface area contributed by atoms with Crippen LogP contribution in [0.25, 0.3) is 42.3 Å². The summed E-state index contributed by atoms with van der Waals surface area (Å²) in [5.41, 5.74) is 6.04. The first kappa shape index (κ1) is 44.7. The van der Waals surface area contributed by atoms with Crippen molar-refractivity contribution in [1.29, 1.82) is 0 Å². The molecule has 0 saturated carbocycles. The molecule has 0 bridgehead atoms. The van der Waals surface area contributed by atoms with Crippen LogP contribution >= 0.6 is 11.3 Å². The number of carbonyl (C=O) groups is 1. The minimum absolute atomic E-state index is 0. The zero-order valence-corrected chi connectivity index (χ0v) is 39.1. The number of benzene rings is 3. The van der Waals surface area contributed by atoms with Crippen LogP contribution in [0, 0.1) is 53.9 Å². The van der Waals surface area contributed by atoms with Crippen molar-refractivity contribution in [2.24, 2.45) is 40.9 Å². The SMILES string of the molecule is CC(C)C(C(=O)/C=C(\O)C(C(C)C)C(C)C)C(C)C.Cc1ccc2c([Si](C)(C)C)cc(-c3ncnc4c3sc3cc(CC(C)(C)C)ccc34)[c-]c2c1.[Ir]. The molecule has 0 spiro atoms. The molecule has 7 heteroatoms. The number of aliphatic hydroxyl groups is 1. The van der Waals surface area contributed by atoms with E-state index in [-0.39, 0.29) is 48.9 Å². The van der Waals surface area contributed by atoms with Gasteiger partial charge in [-0.15, -0.1) is 40.1 Å². The van der Waals surface area contributed by atoms with E-state index < -0.39 is 8.07 Å². The van der Waals surface area contributed by atoms with E-state index in [1.165, 1.54) is 43.2 Å². The first-order chi connectivity index (χ1) is 24.1. The van der Waals surface area contributed by atoms with E-state index in [9.17, 15) is 9.90 Å². The Kier molecular flexibility index (Phi) is 15.0. The number of thiophene rings is 1. The third-order valence-electron chi connectivity index (χ3n) is 9.97.